The Balaban J connectivity index is 1.91. The van der Waals surface area contributed by atoms with Crippen LogP contribution in [0.1, 0.15) is 32.1 Å². The first-order valence-electron chi connectivity index (χ1n) is 5.24. The van der Waals surface area contributed by atoms with E-state index >= 15 is 0 Å². The van der Waals surface area contributed by atoms with Crippen LogP contribution in [0.15, 0.2) is 0 Å². The zero-order valence-corrected chi connectivity index (χ0v) is 8.44. The number of nitrogens with one attached hydrogen (secondary N) is 2. The van der Waals surface area contributed by atoms with Gasteiger partial charge in [-0.2, -0.15) is 0 Å². The minimum atomic E-state index is 0.237. The average molecular weight is 184 g/mol. The van der Waals surface area contributed by atoms with E-state index in [0.29, 0.717) is 5.92 Å². The number of hydrogen-bond donors (Lipinski definition) is 2. The summed E-state index contributed by atoms with van der Waals surface area (Å²) in [4.78, 5) is 11.3. The summed E-state index contributed by atoms with van der Waals surface area (Å²) < 4.78 is 0. The van der Waals surface area contributed by atoms with E-state index in [1.165, 1.54) is 19.3 Å². The summed E-state index contributed by atoms with van der Waals surface area (Å²) in [5.41, 5.74) is 0. The molecule has 1 amide bonds. The third-order valence-corrected chi connectivity index (χ3v) is 2.62. The Labute approximate surface area is 80.3 Å². The molecule has 0 heterocycles. The first-order chi connectivity index (χ1) is 6.33. The standard InChI is InChI=1S/C10H20N2O/c1-11-6-3-7-12-10(13)8-9-4-2-5-9/h9,11H,2-8H2,1H3,(H,12,13). The fraction of sp³-hybridized carbons (Fsp3) is 0.900. The maximum absolute atomic E-state index is 11.3. The first-order valence-corrected chi connectivity index (χ1v) is 5.24. The second-order valence-corrected chi connectivity index (χ2v) is 3.81. The number of carbonyl (C=O) groups is 1. The Morgan fingerprint density at radius 2 is 2.15 bits per heavy atom. The summed E-state index contributed by atoms with van der Waals surface area (Å²) in [5, 5.41) is 5.99. The van der Waals surface area contributed by atoms with Gasteiger partial charge in [-0.3, -0.25) is 4.79 Å². The van der Waals surface area contributed by atoms with Gasteiger partial charge in [0, 0.05) is 13.0 Å². The Morgan fingerprint density at radius 1 is 1.38 bits per heavy atom. The zero-order chi connectivity index (χ0) is 9.52. The Hall–Kier alpha value is -0.570. The van der Waals surface area contributed by atoms with Gasteiger partial charge in [0.05, 0.1) is 0 Å². The van der Waals surface area contributed by atoms with Gasteiger partial charge in [-0.1, -0.05) is 6.42 Å². The van der Waals surface area contributed by atoms with Crippen molar-refractivity contribution in [3.63, 3.8) is 0 Å². The van der Waals surface area contributed by atoms with Gasteiger partial charge >= 0.3 is 0 Å². The molecule has 0 spiro atoms. The van der Waals surface area contributed by atoms with Gasteiger partial charge in [-0.25, -0.2) is 0 Å². The van der Waals surface area contributed by atoms with Crippen molar-refractivity contribution in [3.05, 3.63) is 0 Å². The second-order valence-electron chi connectivity index (χ2n) is 3.81. The van der Waals surface area contributed by atoms with Crippen LogP contribution in [0.5, 0.6) is 0 Å². The quantitative estimate of drug-likeness (QED) is 0.602. The molecule has 0 aromatic carbocycles. The van der Waals surface area contributed by atoms with Gasteiger partial charge in [-0.05, 0) is 38.8 Å². The molecule has 1 saturated carbocycles. The third kappa shape index (κ3) is 4.27. The molecule has 1 fully saturated rings. The van der Waals surface area contributed by atoms with E-state index in [1.54, 1.807) is 0 Å². The van der Waals surface area contributed by atoms with Gasteiger partial charge in [0.2, 0.25) is 5.91 Å². The molecule has 0 radical (unpaired) electrons. The van der Waals surface area contributed by atoms with E-state index in [-0.39, 0.29) is 5.91 Å². The van der Waals surface area contributed by atoms with E-state index in [9.17, 15) is 4.79 Å². The molecule has 0 aromatic rings. The molecule has 0 aliphatic heterocycles. The van der Waals surface area contributed by atoms with Gasteiger partial charge in [0.25, 0.3) is 0 Å². The van der Waals surface area contributed by atoms with Crippen LogP contribution in [0.25, 0.3) is 0 Å². The lowest BCUT2D eigenvalue weighted by molar-refractivity contribution is -0.122. The SMILES string of the molecule is CNCCCNC(=O)CC1CCC1. The van der Waals surface area contributed by atoms with Crippen LogP contribution < -0.4 is 10.6 Å². The molecule has 76 valence electrons. The Morgan fingerprint density at radius 3 is 2.69 bits per heavy atom. The minimum Gasteiger partial charge on any atom is -0.356 e. The van der Waals surface area contributed by atoms with Crippen molar-refractivity contribution in [1.82, 2.24) is 10.6 Å². The highest BCUT2D eigenvalue weighted by Crippen LogP contribution is 2.28. The maximum atomic E-state index is 11.3. The molecular formula is C10H20N2O. The molecule has 13 heavy (non-hydrogen) atoms. The second kappa shape index (κ2) is 5.97. The Kier molecular flexibility index (Phi) is 4.83. The van der Waals surface area contributed by atoms with Crippen LogP contribution in [-0.2, 0) is 4.79 Å². The topological polar surface area (TPSA) is 41.1 Å². The molecule has 0 saturated heterocycles. The van der Waals surface area contributed by atoms with Crippen LogP contribution in [0, 0.1) is 5.92 Å². The summed E-state index contributed by atoms with van der Waals surface area (Å²) in [6, 6.07) is 0. The highest BCUT2D eigenvalue weighted by molar-refractivity contribution is 5.76. The van der Waals surface area contributed by atoms with Crippen molar-refractivity contribution < 1.29 is 4.79 Å². The summed E-state index contributed by atoms with van der Waals surface area (Å²) in [5.74, 6) is 0.921. The number of amides is 1. The fourth-order valence-corrected chi connectivity index (χ4v) is 1.52. The van der Waals surface area contributed by atoms with Crippen molar-refractivity contribution in [2.45, 2.75) is 32.1 Å². The highest BCUT2D eigenvalue weighted by atomic mass is 16.1. The van der Waals surface area contributed by atoms with Gasteiger partial charge in [0.1, 0.15) is 0 Å². The van der Waals surface area contributed by atoms with E-state index in [1.807, 2.05) is 7.05 Å². The molecular weight excluding hydrogens is 164 g/mol. The lowest BCUT2D eigenvalue weighted by Gasteiger charge is -2.24. The summed E-state index contributed by atoms with van der Waals surface area (Å²) in [6.07, 6.45) is 5.60. The number of hydrogen-bond acceptors (Lipinski definition) is 2. The van der Waals surface area contributed by atoms with Crippen LogP contribution in [0.4, 0.5) is 0 Å². The largest absolute Gasteiger partial charge is 0.356 e. The van der Waals surface area contributed by atoms with E-state index in [2.05, 4.69) is 10.6 Å². The normalized spacial score (nSPS) is 16.7. The minimum absolute atomic E-state index is 0.237. The van der Waals surface area contributed by atoms with Crippen LogP contribution in [0.3, 0.4) is 0 Å². The van der Waals surface area contributed by atoms with Crippen molar-refractivity contribution in [2.75, 3.05) is 20.1 Å². The molecule has 0 atom stereocenters. The molecule has 2 N–H and O–H groups in total. The Bertz CT molecular complexity index is 155. The molecule has 0 bridgehead atoms. The highest BCUT2D eigenvalue weighted by Gasteiger charge is 2.19. The maximum Gasteiger partial charge on any atom is 0.220 e. The summed E-state index contributed by atoms with van der Waals surface area (Å²) in [6.45, 7) is 1.79. The van der Waals surface area contributed by atoms with E-state index in [4.69, 9.17) is 0 Å². The molecule has 1 aliphatic carbocycles. The van der Waals surface area contributed by atoms with Crippen LogP contribution in [-0.4, -0.2) is 26.0 Å². The molecule has 1 rings (SSSR count). The summed E-state index contributed by atoms with van der Waals surface area (Å²) in [7, 11) is 1.93. The van der Waals surface area contributed by atoms with Crippen LogP contribution in [0.2, 0.25) is 0 Å². The predicted octanol–water partition coefficient (Wildman–Crippen LogP) is 0.902. The number of carbonyl (C=O) groups excluding carboxylic acids is 1. The van der Waals surface area contributed by atoms with Gasteiger partial charge in [-0.15, -0.1) is 0 Å². The molecule has 3 heteroatoms. The number of rotatable bonds is 6. The molecule has 0 aromatic heterocycles. The molecule has 3 nitrogen and oxygen atoms in total. The van der Waals surface area contributed by atoms with Crippen molar-refractivity contribution in [1.29, 1.82) is 0 Å². The predicted molar refractivity (Wildman–Crippen MR) is 53.5 cm³/mol. The van der Waals surface area contributed by atoms with Gasteiger partial charge in [0.15, 0.2) is 0 Å². The van der Waals surface area contributed by atoms with Crippen molar-refractivity contribution in [3.8, 4) is 0 Å². The zero-order valence-electron chi connectivity index (χ0n) is 8.44. The first kappa shape index (κ1) is 10.5. The van der Waals surface area contributed by atoms with Crippen molar-refractivity contribution >= 4 is 5.91 Å². The van der Waals surface area contributed by atoms with E-state index < -0.39 is 0 Å². The van der Waals surface area contributed by atoms with Crippen molar-refractivity contribution in [2.24, 2.45) is 5.92 Å². The smallest absolute Gasteiger partial charge is 0.220 e. The molecule has 0 unspecified atom stereocenters. The monoisotopic (exact) mass is 184 g/mol. The van der Waals surface area contributed by atoms with Gasteiger partial charge < -0.3 is 10.6 Å². The lowest BCUT2D eigenvalue weighted by Crippen LogP contribution is -2.29. The average Bonchev–Trinajstić information content (AvgIpc) is 2.06. The lowest BCUT2D eigenvalue weighted by atomic mass is 9.83. The fourth-order valence-electron chi connectivity index (χ4n) is 1.52. The van der Waals surface area contributed by atoms with Crippen LogP contribution >= 0.6 is 0 Å². The summed E-state index contributed by atoms with van der Waals surface area (Å²) >= 11 is 0. The molecule has 1 aliphatic rings. The van der Waals surface area contributed by atoms with E-state index in [0.717, 1.165) is 25.9 Å². The third-order valence-electron chi connectivity index (χ3n) is 2.62.